The van der Waals surface area contributed by atoms with E-state index in [0.29, 0.717) is 26.3 Å². The minimum atomic E-state index is -0.878. The lowest BCUT2D eigenvalue weighted by Gasteiger charge is -2.29. The average molecular weight is 470 g/mol. The predicted molar refractivity (Wildman–Crippen MR) is 123 cm³/mol. The maximum Gasteiger partial charge on any atom is 0.355 e. The number of hydrazone groups is 1. The van der Waals surface area contributed by atoms with Crippen LogP contribution in [0.1, 0.15) is 38.1 Å². The predicted octanol–water partition coefficient (Wildman–Crippen LogP) is 6.52. The number of anilines is 1. The number of nitrogens with zero attached hydrogens (tertiary/aromatic N) is 1. The van der Waals surface area contributed by atoms with Gasteiger partial charge in [-0.2, -0.15) is 5.10 Å². The summed E-state index contributed by atoms with van der Waals surface area (Å²) >= 11 is 18.1. The first-order valence-electron chi connectivity index (χ1n) is 9.30. The van der Waals surface area contributed by atoms with Crippen molar-refractivity contribution in [2.45, 2.75) is 27.7 Å². The first kappa shape index (κ1) is 24.2. The summed E-state index contributed by atoms with van der Waals surface area (Å²) in [5.41, 5.74) is 2.95. The average Bonchev–Trinajstić information content (AvgIpc) is 2.65. The van der Waals surface area contributed by atoms with Gasteiger partial charge in [0.25, 0.3) is 0 Å². The van der Waals surface area contributed by atoms with E-state index in [-0.39, 0.29) is 18.1 Å². The molecule has 0 radical (unpaired) electrons. The Bertz CT molecular complexity index is 951. The maximum absolute atomic E-state index is 13.4. The van der Waals surface area contributed by atoms with Crippen molar-refractivity contribution < 1.29 is 14.3 Å². The number of Topliss-reactive ketones (excluding diaryl/α,β-unsaturated/α-hetero) is 1. The van der Waals surface area contributed by atoms with Gasteiger partial charge in [0.1, 0.15) is 0 Å². The zero-order chi connectivity index (χ0) is 22.5. The smallest absolute Gasteiger partial charge is 0.355 e. The quantitative estimate of drug-likeness (QED) is 0.217. The van der Waals surface area contributed by atoms with Crippen LogP contribution in [0.15, 0.2) is 47.6 Å². The number of hydrogen-bond donors (Lipinski definition) is 1. The Balaban J connectivity index is 2.51. The van der Waals surface area contributed by atoms with Crippen molar-refractivity contribution in [1.29, 1.82) is 0 Å². The van der Waals surface area contributed by atoms with E-state index in [1.807, 2.05) is 20.8 Å². The highest BCUT2D eigenvalue weighted by Gasteiger charge is 2.40. The lowest BCUT2D eigenvalue weighted by molar-refractivity contribution is -0.135. The number of esters is 1. The molecule has 0 saturated carbocycles. The molecular weight excluding hydrogens is 447 g/mol. The van der Waals surface area contributed by atoms with Gasteiger partial charge >= 0.3 is 5.97 Å². The van der Waals surface area contributed by atoms with Crippen LogP contribution in [-0.2, 0) is 9.53 Å². The summed E-state index contributed by atoms with van der Waals surface area (Å²) in [6.07, 6.45) is 0. The summed E-state index contributed by atoms with van der Waals surface area (Å²) in [7, 11) is 0. The monoisotopic (exact) mass is 468 g/mol. The number of halogens is 3. The van der Waals surface area contributed by atoms with Crippen molar-refractivity contribution in [2.24, 2.45) is 16.4 Å². The molecule has 160 valence electrons. The first-order valence-corrected chi connectivity index (χ1v) is 10.4. The molecule has 0 aliphatic carbocycles. The molecule has 2 rings (SSSR count). The van der Waals surface area contributed by atoms with Gasteiger partial charge < -0.3 is 4.74 Å². The maximum atomic E-state index is 13.4. The van der Waals surface area contributed by atoms with Gasteiger partial charge in [-0.1, -0.05) is 55.6 Å². The van der Waals surface area contributed by atoms with Crippen LogP contribution in [-0.4, -0.2) is 24.1 Å². The van der Waals surface area contributed by atoms with Crippen LogP contribution < -0.4 is 5.43 Å². The molecule has 0 bridgehead atoms. The van der Waals surface area contributed by atoms with Crippen molar-refractivity contribution >= 4 is 58.0 Å². The number of ether oxygens (including phenoxy) is 1. The fourth-order valence-corrected chi connectivity index (χ4v) is 3.42. The van der Waals surface area contributed by atoms with Crippen LogP contribution >= 0.6 is 34.8 Å². The highest BCUT2D eigenvalue weighted by molar-refractivity contribution is 6.42. The minimum absolute atomic E-state index is 0.0460. The molecule has 30 heavy (non-hydrogen) atoms. The van der Waals surface area contributed by atoms with Gasteiger partial charge in [-0.25, -0.2) is 4.79 Å². The number of nitrogens with one attached hydrogen (secondary N) is 1. The zero-order valence-electron chi connectivity index (χ0n) is 17.1. The molecule has 0 spiro atoms. The summed E-state index contributed by atoms with van der Waals surface area (Å²) in [4.78, 5) is 26.1. The van der Waals surface area contributed by atoms with Crippen LogP contribution in [0.4, 0.5) is 5.69 Å². The van der Waals surface area contributed by atoms with Crippen molar-refractivity contribution in [2.75, 3.05) is 12.0 Å². The van der Waals surface area contributed by atoms with E-state index in [4.69, 9.17) is 39.5 Å². The molecule has 0 aliphatic heterocycles. The summed E-state index contributed by atoms with van der Waals surface area (Å²) in [5, 5.41) is 5.55. The summed E-state index contributed by atoms with van der Waals surface area (Å²) < 4.78 is 5.19. The van der Waals surface area contributed by atoms with E-state index in [0.717, 1.165) is 0 Å². The van der Waals surface area contributed by atoms with Gasteiger partial charge in [-0.05, 0) is 54.8 Å². The van der Waals surface area contributed by atoms with Gasteiger partial charge in [0.15, 0.2) is 11.5 Å². The molecular formula is C22H23Cl3N2O3. The Labute approximate surface area is 191 Å². The fraction of sp³-hybridized carbons (Fsp3) is 0.318. The van der Waals surface area contributed by atoms with Crippen LogP contribution in [0.25, 0.3) is 0 Å². The Hall–Kier alpha value is -2.08. The van der Waals surface area contributed by atoms with E-state index >= 15 is 0 Å². The molecule has 1 atom stereocenters. The second-order valence-corrected chi connectivity index (χ2v) is 8.90. The molecule has 5 nitrogen and oxygen atoms in total. The second-order valence-electron chi connectivity index (χ2n) is 7.62. The number of hydrogen-bond acceptors (Lipinski definition) is 5. The highest BCUT2D eigenvalue weighted by atomic mass is 35.5. The number of carbonyl (C=O) groups is 2. The molecule has 0 aliphatic rings. The van der Waals surface area contributed by atoms with Crippen molar-refractivity contribution in [3.8, 4) is 0 Å². The van der Waals surface area contributed by atoms with E-state index < -0.39 is 17.3 Å². The van der Waals surface area contributed by atoms with Gasteiger partial charge in [-0.15, -0.1) is 0 Å². The number of benzene rings is 2. The van der Waals surface area contributed by atoms with Gasteiger partial charge in [0, 0.05) is 15.6 Å². The Morgan fingerprint density at radius 3 is 2.17 bits per heavy atom. The van der Waals surface area contributed by atoms with Crippen molar-refractivity contribution in [3.05, 3.63) is 63.1 Å². The highest BCUT2D eigenvalue weighted by Crippen LogP contribution is 2.32. The van der Waals surface area contributed by atoms with E-state index in [1.165, 1.54) is 0 Å². The van der Waals surface area contributed by atoms with Crippen LogP contribution in [0.3, 0.4) is 0 Å². The number of ketones is 1. The zero-order valence-corrected chi connectivity index (χ0v) is 19.4. The summed E-state index contributed by atoms with van der Waals surface area (Å²) in [6, 6.07) is 11.3. The van der Waals surface area contributed by atoms with Crippen LogP contribution in [0.2, 0.25) is 15.1 Å². The molecule has 2 aromatic carbocycles. The molecule has 8 heteroatoms. The molecule has 1 unspecified atom stereocenters. The van der Waals surface area contributed by atoms with Crippen molar-refractivity contribution in [1.82, 2.24) is 0 Å². The summed E-state index contributed by atoms with van der Waals surface area (Å²) in [5.74, 6) is -1.83. The molecule has 2 aromatic rings. The Morgan fingerprint density at radius 1 is 1.03 bits per heavy atom. The van der Waals surface area contributed by atoms with E-state index in [9.17, 15) is 9.59 Å². The van der Waals surface area contributed by atoms with Gasteiger partial charge in [0.2, 0.25) is 0 Å². The third-order valence-electron chi connectivity index (χ3n) is 4.24. The summed E-state index contributed by atoms with van der Waals surface area (Å²) in [6.45, 7) is 7.40. The standard InChI is InChI=1S/C22H23Cl3N2O3/c1-5-30-21(29)19(27-26-17-11-10-15(24)12-16(17)25)18(22(2,3)4)20(28)13-6-8-14(23)9-7-13/h6-12,18,26H,5H2,1-4H3/b27-19+. The van der Waals surface area contributed by atoms with Gasteiger partial charge in [-0.3, -0.25) is 10.2 Å². The van der Waals surface area contributed by atoms with Gasteiger partial charge in [0.05, 0.1) is 23.2 Å². The topological polar surface area (TPSA) is 67.8 Å². The lowest BCUT2D eigenvalue weighted by atomic mass is 9.73. The normalized spacial score (nSPS) is 13.0. The Morgan fingerprint density at radius 2 is 1.63 bits per heavy atom. The van der Waals surface area contributed by atoms with Crippen LogP contribution in [0, 0.1) is 11.3 Å². The SMILES string of the molecule is CCOC(=O)/C(=N/Nc1ccc(Cl)cc1Cl)C(C(=O)c1ccc(Cl)cc1)C(C)(C)C. The van der Waals surface area contributed by atoms with E-state index in [1.54, 1.807) is 49.4 Å². The molecule has 0 saturated heterocycles. The second kappa shape index (κ2) is 10.3. The third kappa shape index (κ3) is 6.21. The van der Waals surface area contributed by atoms with Crippen molar-refractivity contribution in [3.63, 3.8) is 0 Å². The Kier molecular flexibility index (Phi) is 8.30. The van der Waals surface area contributed by atoms with Crippen LogP contribution in [0.5, 0.6) is 0 Å². The lowest BCUT2D eigenvalue weighted by Crippen LogP contribution is -2.41. The first-order chi connectivity index (χ1) is 14.0. The molecule has 0 aromatic heterocycles. The number of carbonyl (C=O) groups excluding carboxylic acids is 2. The minimum Gasteiger partial charge on any atom is -0.461 e. The molecule has 0 fully saturated rings. The number of rotatable bonds is 7. The third-order valence-corrected chi connectivity index (χ3v) is 5.04. The fourth-order valence-electron chi connectivity index (χ4n) is 2.84. The molecule has 0 heterocycles. The molecule has 1 N–H and O–H groups in total. The largest absolute Gasteiger partial charge is 0.461 e. The molecule has 0 amide bonds. The van der Waals surface area contributed by atoms with E-state index in [2.05, 4.69) is 10.5 Å².